The summed E-state index contributed by atoms with van der Waals surface area (Å²) in [6.45, 7) is 19.7. The molecule has 2 atom stereocenters. The molecular weight excluding hydrogens is 490 g/mol. The summed E-state index contributed by atoms with van der Waals surface area (Å²) < 4.78 is 10.8. The molecule has 0 aromatic carbocycles. The van der Waals surface area contributed by atoms with Crippen LogP contribution in [0, 0.1) is 11.8 Å². The number of amides is 2. The molecule has 0 spiro atoms. The van der Waals surface area contributed by atoms with Gasteiger partial charge < -0.3 is 0 Å². The van der Waals surface area contributed by atoms with Crippen LogP contribution in [0.1, 0.15) is 69.2 Å². The fraction of sp³-hybridized carbons (Fsp3) is 0.900. The molecule has 0 aromatic rings. The summed E-state index contributed by atoms with van der Waals surface area (Å²) in [5.41, 5.74) is -0.975. The van der Waals surface area contributed by atoms with Crippen molar-refractivity contribution in [3.05, 3.63) is 0 Å². The van der Waals surface area contributed by atoms with E-state index in [2.05, 4.69) is 38.3 Å². The third-order valence-corrected chi connectivity index (χ3v) is 10.8. The van der Waals surface area contributed by atoms with E-state index in [1.807, 2.05) is 41.5 Å². The number of nitrogens with one attached hydrogen (secondary N) is 2. The summed E-state index contributed by atoms with van der Waals surface area (Å²) in [6, 6.07) is 0.237. The monoisotopic (exact) mass is 532 g/mol. The zero-order valence-corrected chi connectivity index (χ0v) is 22.6. The van der Waals surface area contributed by atoms with Gasteiger partial charge in [0.2, 0.25) is 0 Å². The Hall–Kier alpha value is -0.421. The molecule has 8 heteroatoms. The van der Waals surface area contributed by atoms with Crippen molar-refractivity contribution in [1.29, 1.82) is 0 Å². The molecule has 0 rings (SSSR count). The molecule has 2 amide bonds. The van der Waals surface area contributed by atoms with E-state index >= 15 is 0 Å². The fourth-order valence-electron chi connectivity index (χ4n) is 1.96. The normalized spacial score (nSPS) is 14.6. The number of rotatable bonds is 9. The Labute approximate surface area is 182 Å². The van der Waals surface area contributed by atoms with E-state index < -0.39 is 11.2 Å². The Morgan fingerprint density at radius 3 is 1.21 bits per heavy atom. The van der Waals surface area contributed by atoms with Gasteiger partial charge in [0.05, 0.1) is 0 Å². The Morgan fingerprint density at radius 1 is 0.714 bits per heavy atom. The van der Waals surface area contributed by atoms with Gasteiger partial charge in [0.15, 0.2) is 0 Å². The maximum atomic E-state index is 12.1. The molecule has 6 nitrogen and oxygen atoms in total. The average Bonchev–Trinajstić information content (AvgIpc) is 2.44. The molecule has 2 N–H and O–H groups in total. The second-order valence-electron chi connectivity index (χ2n) is 9.56. The van der Waals surface area contributed by atoms with Crippen LogP contribution in [-0.2, 0) is 9.47 Å². The molecule has 0 saturated carbocycles. The van der Waals surface area contributed by atoms with Crippen molar-refractivity contribution in [3.8, 4) is 0 Å². The molecule has 0 aliphatic carbocycles. The van der Waals surface area contributed by atoms with Gasteiger partial charge in [-0.3, -0.25) is 0 Å². The Balaban J connectivity index is 4.47. The van der Waals surface area contributed by atoms with E-state index in [4.69, 9.17) is 9.47 Å². The van der Waals surface area contributed by atoms with E-state index in [0.717, 1.165) is 10.6 Å². The van der Waals surface area contributed by atoms with Crippen LogP contribution in [0.2, 0.25) is 10.6 Å². The molecule has 0 unspecified atom stereocenters. The van der Waals surface area contributed by atoms with Crippen molar-refractivity contribution in [2.45, 2.75) is 103 Å². The topological polar surface area (TPSA) is 76.7 Å². The SMILES string of the molecule is CC(C)[C@@H](C[Se][Se]C[C@@H](NC(=O)OC(C)(C)C)C(C)C)NC(=O)OC(C)(C)C. The van der Waals surface area contributed by atoms with Gasteiger partial charge in [0.25, 0.3) is 0 Å². The van der Waals surface area contributed by atoms with E-state index in [1.165, 1.54) is 0 Å². The van der Waals surface area contributed by atoms with Crippen molar-refractivity contribution >= 4 is 38.4 Å². The summed E-state index contributed by atoms with van der Waals surface area (Å²) in [4.78, 5) is 24.1. The minimum atomic E-state index is -0.488. The molecule has 0 radical (unpaired) electrons. The third kappa shape index (κ3) is 14.6. The zero-order valence-electron chi connectivity index (χ0n) is 19.2. The molecule has 0 aliphatic heterocycles. The van der Waals surface area contributed by atoms with Crippen molar-refractivity contribution in [1.82, 2.24) is 10.6 Å². The molecule has 0 bridgehead atoms. The summed E-state index contributed by atoms with van der Waals surface area (Å²) in [7, 11) is 0. The maximum absolute atomic E-state index is 12.1. The number of hydrogen-bond acceptors (Lipinski definition) is 4. The van der Waals surface area contributed by atoms with Crippen LogP contribution in [-0.4, -0.2) is 61.7 Å². The van der Waals surface area contributed by atoms with Crippen LogP contribution >= 0.6 is 0 Å². The number of ether oxygens (including phenoxy) is 2. The van der Waals surface area contributed by atoms with Crippen LogP contribution in [0.5, 0.6) is 0 Å². The van der Waals surface area contributed by atoms with Crippen LogP contribution in [0.15, 0.2) is 0 Å². The number of carbonyl (C=O) groups is 2. The molecule has 0 fully saturated rings. The molecular formula is C20H40N2O4Se2. The van der Waals surface area contributed by atoms with Crippen molar-refractivity contribution < 1.29 is 19.1 Å². The number of alkyl carbamates (subject to hydrolysis) is 2. The molecule has 166 valence electrons. The molecule has 0 heterocycles. The summed E-state index contributed by atoms with van der Waals surface area (Å²) in [6.07, 6.45) is -0.692. The predicted octanol–water partition coefficient (Wildman–Crippen LogP) is 4.25. The summed E-state index contributed by atoms with van der Waals surface area (Å²) >= 11 is 0.861. The van der Waals surface area contributed by atoms with Crippen molar-refractivity contribution in [2.24, 2.45) is 11.8 Å². The first-order valence-corrected chi connectivity index (χ1v) is 16.6. The average molecular weight is 530 g/mol. The van der Waals surface area contributed by atoms with Gasteiger partial charge in [-0.15, -0.1) is 0 Å². The molecule has 0 aromatic heterocycles. The standard InChI is InChI=1S/C20H40N2O4Se2/c1-13(2)15(21-17(23)25-19(5,6)7)11-27-28-12-16(14(3)4)22-18(24)26-20(8,9)10/h13-16H,11-12H2,1-10H3,(H,21,23)(H,22,24)/t15-,16-/m1/s1. The molecule has 28 heavy (non-hydrogen) atoms. The fourth-order valence-corrected chi connectivity index (χ4v) is 10.2. The Bertz CT molecular complexity index is 442. The second-order valence-corrected chi connectivity index (χ2v) is 17.1. The first-order valence-electron chi connectivity index (χ1n) is 9.84. The third-order valence-electron chi connectivity index (χ3n) is 3.59. The van der Waals surface area contributed by atoms with Gasteiger partial charge >= 0.3 is 183 Å². The van der Waals surface area contributed by atoms with E-state index in [1.54, 1.807) is 0 Å². The second kappa shape index (κ2) is 12.3. The van der Waals surface area contributed by atoms with E-state index in [9.17, 15) is 9.59 Å². The van der Waals surface area contributed by atoms with Gasteiger partial charge in [-0.2, -0.15) is 0 Å². The van der Waals surface area contributed by atoms with E-state index in [0.29, 0.717) is 38.1 Å². The van der Waals surface area contributed by atoms with Crippen LogP contribution in [0.3, 0.4) is 0 Å². The van der Waals surface area contributed by atoms with Gasteiger partial charge in [0.1, 0.15) is 0 Å². The summed E-state index contributed by atoms with van der Waals surface area (Å²) in [5.74, 6) is 0.706. The van der Waals surface area contributed by atoms with E-state index in [-0.39, 0.29) is 24.3 Å². The first-order chi connectivity index (χ1) is 12.6. The predicted molar refractivity (Wildman–Crippen MR) is 117 cm³/mol. The zero-order chi connectivity index (χ0) is 22.1. The minimum absolute atomic E-state index is 0.119. The number of hydrogen-bond donors (Lipinski definition) is 2. The van der Waals surface area contributed by atoms with Crippen molar-refractivity contribution in [2.75, 3.05) is 0 Å². The molecule has 0 saturated heterocycles. The Kier molecular flexibility index (Phi) is 12.1. The van der Waals surface area contributed by atoms with Crippen LogP contribution in [0.4, 0.5) is 9.59 Å². The number of carbonyl (C=O) groups excluding carboxylic acids is 2. The molecule has 0 aliphatic rings. The Morgan fingerprint density at radius 2 is 1.00 bits per heavy atom. The summed E-state index contributed by atoms with van der Waals surface area (Å²) in [5, 5.41) is 7.98. The van der Waals surface area contributed by atoms with Crippen molar-refractivity contribution in [3.63, 3.8) is 0 Å². The van der Waals surface area contributed by atoms with Crippen LogP contribution < -0.4 is 10.6 Å². The van der Waals surface area contributed by atoms with Gasteiger partial charge in [0, 0.05) is 0 Å². The first kappa shape index (κ1) is 27.6. The van der Waals surface area contributed by atoms with Gasteiger partial charge in [-0.05, 0) is 0 Å². The van der Waals surface area contributed by atoms with Gasteiger partial charge in [-0.1, -0.05) is 0 Å². The van der Waals surface area contributed by atoms with Gasteiger partial charge in [-0.25, -0.2) is 0 Å². The quantitative estimate of drug-likeness (QED) is 0.346. The van der Waals surface area contributed by atoms with Crippen LogP contribution in [0.25, 0.3) is 0 Å².